The summed E-state index contributed by atoms with van der Waals surface area (Å²) in [7, 11) is 0. The Morgan fingerprint density at radius 2 is 2.00 bits per heavy atom. The first-order valence-electron chi connectivity index (χ1n) is 3.51. The van der Waals surface area contributed by atoms with Gasteiger partial charge in [-0.15, -0.1) is 0 Å². The molecule has 0 aliphatic heterocycles. The van der Waals surface area contributed by atoms with Crippen molar-refractivity contribution in [2.75, 3.05) is 5.75 Å². The van der Waals surface area contributed by atoms with Crippen LogP contribution in [0, 0.1) is 5.92 Å². The molecule has 0 nitrogen and oxygen atoms in total. The number of rotatable bonds is 4. The topological polar surface area (TPSA) is 0 Å². The summed E-state index contributed by atoms with van der Waals surface area (Å²) in [6.07, 6.45) is 2.35. The lowest BCUT2D eigenvalue weighted by Crippen LogP contribution is -2.10. The minimum Gasteiger partial charge on any atom is -0.179 e. The second-order valence-corrected chi connectivity index (χ2v) is 3.58. The first-order chi connectivity index (χ1) is 4.22. The highest BCUT2D eigenvalue weighted by Crippen LogP contribution is 2.16. The predicted molar refractivity (Wildman–Crippen MR) is 50.7 cm³/mol. The summed E-state index contributed by atoms with van der Waals surface area (Å²) in [4.78, 5) is 0. The van der Waals surface area contributed by atoms with Crippen molar-refractivity contribution in [2.24, 2.45) is 5.92 Å². The van der Waals surface area contributed by atoms with E-state index in [4.69, 9.17) is 0 Å². The Morgan fingerprint density at radius 3 is 2.33 bits per heavy atom. The quantitative estimate of drug-likeness (QED) is 0.586. The lowest BCUT2D eigenvalue weighted by molar-refractivity contribution is 0.529. The Bertz CT molecular complexity index is 63.9. The van der Waals surface area contributed by atoms with Gasteiger partial charge in [0.25, 0.3) is 0 Å². The van der Waals surface area contributed by atoms with E-state index < -0.39 is 0 Å². The molecule has 0 aliphatic carbocycles. The molecule has 0 rings (SSSR count). The van der Waals surface area contributed by atoms with Gasteiger partial charge in [-0.1, -0.05) is 20.3 Å². The van der Waals surface area contributed by atoms with Crippen molar-refractivity contribution in [3.05, 3.63) is 0 Å². The van der Waals surface area contributed by atoms with Gasteiger partial charge in [-0.3, -0.25) is 0 Å². The Hall–Kier alpha value is 0.700. The minimum absolute atomic E-state index is 0.549. The van der Waals surface area contributed by atoms with Gasteiger partial charge in [0, 0.05) is 5.25 Å². The van der Waals surface area contributed by atoms with E-state index in [9.17, 15) is 0 Å². The standard InChI is InChI=1S/C7H16S2/c1-3-6(2)7(9)4-5-8/h6-9H,3-5H2,1-2H3. The van der Waals surface area contributed by atoms with Crippen LogP contribution in [0.5, 0.6) is 0 Å². The molecule has 0 radical (unpaired) electrons. The molecule has 0 N–H and O–H groups in total. The van der Waals surface area contributed by atoms with Gasteiger partial charge in [0.15, 0.2) is 0 Å². The van der Waals surface area contributed by atoms with Gasteiger partial charge in [0.1, 0.15) is 0 Å². The molecule has 0 saturated heterocycles. The minimum atomic E-state index is 0.549. The van der Waals surface area contributed by atoms with Crippen LogP contribution in [0.15, 0.2) is 0 Å². The molecule has 2 unspecified atom stereocenters. The molecule has 0 heterocycles. The average Bonchev–Trinajstić information content (AvgIpc) is 1.87. The van der Waals surface area contributed by atoms with Crippen LogP contribution in [0.25, 0.3) is 0 Å². The lowest BCUT2D eigenvalue weighted by Gasteiger charge is -2.15. The summed E-state index contributed by atoms with van der Waals surface area (Å²) >= 11 is 8.58. The zero-order valence-corrected chi connectivity index (χ0v) is 7.96. The smallest absolute Gasteiger partial charge is 0.00501 e. The van der Waals surface area contributed by atoms with Gasteiger partial charge in [0.2, 0.25) is 0 Å². The molecule has 56 valence electrons. The Kier molecular flexibility index (Phi) is 5.91. The molecule has 9 heavy (non-hydrogen) atoms. The highest BCUT2D eigenvalue weighted by Gasteiger charge is 2.08. The second kappa shape index (κ2) is 5.48. The summed E-state index contributed by atoms with van der Waals surface area (Å²) in [5.74, 6) is 1.69. The first kappa shape index (κ1) is 9.70. The largest absolute Gasteiger partial charge is 0.179 e. The summed E-state index contributed by atoms with van der Waals surface area (Å²) in [6, 6.07) is 0. The van der Waals surface area contributed by atoms with E-state index in [0.717, 1.165) is 18.1 Å². The molecule has 0 aliphatic rings. The van der Waals surface area contributed by atoms with Crippen molar-refractivity contribution >= 4 is 25.3 Å². The van der Waals surface area contributed by atoms with Gasteiger partial charge in [-0.25, -0.2) is 0 Å². The van der Waals surface area contributed by atoms with E-state index in [1.807, 2.05) is 0 Å². The number of hydrogen-bond donors (Lipinski definition) is 2. The van der Waals surface area contributed by atoms with Crippen LogP contribution >= 0.6 is 25.3 Å². The normalized spacial score (nSPS) is 17.3. The fraction of sp³-hybridized carbons (Fsp3) is 1.00. The van der Waals surface area contributed by atoms with Crippen molar-refractivity contribution in [1.29, 1.82) is 0 Å². The van der Waals surface area contributed by atoms with Crippen LogP contribution < -0.4 is 0 Å². The van der Waals surface area contributed by atoms with E-state index in [0.29, 0.717) is 5.25 Å². The fourth-order valence-electron chi connectivity index (χ4n) is 0.689. The van der Waals surface area contributed by atoms with E-state index >= 15 is 0 Å². The third-order valence-corrected chi connectivity index (χ3v) is 2.75. The Labute approximate surface area is 69.2 Å². The van der Waals surface area contributed by atoms with Crippen LogP contribution in [0.4, 0.5) is 0 Å². The van der Waals surface area contributed by atoms with Crippen LogP contribution in [0.3, 0.4) is 0 Å². The van der Waals surface area contributed by atoms with Gasteiger partial charge >= 0.3 is 0 Å². The molecule has 0 aromatic rings. The molecular formula is C7H16S2. The van der Waals surface area contributed by atoms with Crippen molar-refractivity contribution in [1.82, 2.24) is 0 Å². The van der Waals surface area contributed by atoms with Crippen LogP contribution in [0.2, 0.25) is 0 Å². The average molecular weight is 164 g/mol. The van der Waals surface area contributed by atoms with Crippen LogP contribution in [-0.2, 0) is 0 Å². The zero-order valence-electron chi connectivity index (χ0n) is 6.17. The molecule has 0 fully saturated rings. The third-order valence-electron chi connectivity index (χ3n) is 1.73. The first-order valence-corrected chi connectivity index (χ1v) is 4.66. The Morgan fingerprint density at radius 1 is 1.44 bits per heavy atom. The molecule has 0 bridgehead atoms. The van der Waals surface area contributed by atoms with E-state index in [1.165, 1.54) is 6.42 Å². The summed E-state index contributed by atoms with van der Waals surface area (Å²) in [5.41, 5.74) is 0. The Balaban J connectivity index is 3.32. The van der Waals surface area contributed by atoms with Gasteiger partial charge < -0.3 is 0 Å². The molecule has 2 atom stereocenters. The van der Waals surface area contributed by atoms with Crippen molar-refractivity contribution in [3.8, 4) is 0 Å². The zero-order chi connectivity index (χ0) is 7.28. The van der Waals surface area contributed by atoms with Gasteiger partial charge in [0.05, 0.1) is 0 Å². The highest BCUT2D eigenvalue weighted by atomic mass is 32.1. The monoisotopic (exact) mass is 164 g/mol. The van der Waals surface area contributed by atoms with E-state index in [2.05, 4.69) is 39.1 Å². The SMILES string of the molecule is CCC(C)C(S)CCS. The lowest BCUT2D eigenvalue weighted by atomic mass is 10.0. The second-order valence-electron chi connectivity index (χ2n) is 2.47. The van der Waals surface area contributed by atoms with Crippen molar-refractivity contribution in [2.45, 2.75) is 31.9 Å². The molecule has 0 amide bonds. The van der Waals surface area contributed by atoms with Crippen LogP contribution in [0.1, 0.15) is 26.7 Å². The molecular weight excluding hydrogens is 148 g/mol. The molecule has 0 aromatic carbocycles. The molecule has 0 saturated carbocycles. The maximum absolute atomic E-state index is 4.44. The van der Waals surface area contributed by atoms with Crippen molar-refractivity contribution in [3.63, 3.8) is 0 Å². The third kappa shape index (κ3) is 4.15. The van der Waals surface area contributed by atoms with E-state index in [-0.39, 0.29) is 0 Å². The maximum Gasteiger partial charge on any atom is 0.00501 e. The van der Waals surface area contributed by atoms with E-state index in [1.54, 1.807) is 0 Å². The summed E-state index contributed by atoms with van der Waals surface area (Å²) < 4.78 is 0. The molecule has 2 heteroatoms. The van der Waals surface area contributed by atoms with Gasteiger partial charge in [-0.2, -0.15) is 25.3 Å². The molecule has 0 spiro atoms. The van der Waals surface area contributed by atoms with Gasteiger partial charge in [-0.05, 0) is 18.1 Å². The predicted octanol–water partition coefficient (Wildman–Crippen LogP) is 2.65. The fourth-order valence-corrected chi connectivity index (χ4v) is 1.51. The van der Waals surface area contributed by atoms with Crippen LogP contribution in [-0.4, -0.2) is 11.0 Å². The number of hydrogen-bond acceptors (Lipinski definition) is 2. The number of thiol groups is 2. The van der Waals surface area contributed by atoms with Crippen molar-refractivity contribution < 1.29 is 0 Å². The summed E-state index contributed by atoms with van der Waals surface area (Å²) in [6.45, 7) is 4.44. The molecule has 0 aromatic heterocycles. The summed E-state index contributed by atoms with van der Waals surface area (Å²) in [5, 5.41) is 0.549. The maximum atomic E-state index is 4.44. The highest BCUT2D eigenvalue weighted by molar-refractivity contribution is 7.81.